The standard InChI is InChI=1S/C19H22N6O2/c1-14-22-17(13-18(23-14)25-10-3-4-11-25)20-8-9-21-19(26)24-15-6-5-7-16(12-15)27-2/h3-7,10-13H,8-9H2,1-2H3,(H,20,22,23)(H2,21,24,26). The van der Waals surface area contributed by atoms with Gasteiger partial charge in [-0.05, 0) is 31.2 Å². The molecular weight excluding hydrogens is 344 g/mol. The lowest BCUT2D eigenvalue weighted by Gasteiger charge is -2.11. The molecule has 3 aromatic rings. The Morgan fingerprint density at radius 3 is 2.70 bits per heavy atom. The molecule has 0 saturated heterocycles. The third kappa shape index (κ3) is 5.21. The molecule has 0 bridgehead atoms. The zero-order valence-electron chi connectivity index (χ0n) is 15.3. The van der Waals surface area contributed by atoms with Crippen LogP contribution in [0.3, 0.4) is 0 Å². The van der Waals surface area contributed by atoms with Crippen molar-refractivity contribution in [1.29, 1.82) is 0 Å². The molecule has 27 heavy (non-hydrogen) atoms. The van der Waals surface area contributed by atoms with Gasteiger partial charge in [-0.1, -0.05) is 6.07 Å². The number of aromatic nitrogens is 3. The molecule has 0 aliphatic carbocycles. The van der Waals surface area contributed by atoms with Crippen LogP contribution in [0, 0.1) is 6.92 Å². The van der Waals surface area contributed by atoms with Crippen molar-refractivity contribution < 1.29 is 9.53 Å². The van der Waals surface area contributed by atoms with Gasteiger partial charge in [-0.3, -0.25) is 0 Å². The Bertz CT molecular complexity index is 895. The fourth-order valence-electron chi connectivity index (χ4n) is 2.50. The van der Waals surface area contributed by atoms with Crippen molar-refractivity contribution in [3.63, 3.8) is 0 Å². The first kappa shape index (κ1) is 18.2. The summed E-state index contributed by atoms with van der Waals surface area (Å²) in [5.41, 5.74) is 0.669. The number of methoxy groups -OCH3 is 1. The van der Waals surface area contributed by atoms with E-state index in [0.29, 0.717) is 36.2 Å². The number of benzene rings is 1. The number of anilines is 2. The highest BCUT2D eigenvalue weighted by atomic mass is 16.5. The molecule has 0 aliphatic heterocycles. The smallest absolute Gasteiger partial charge is 0.319 e. The van der Waals surface area contributed by atoms with E-state index in [1.54, 1.807) is 19.2 Å². The third-order valence-corrected chi connectivity index (χ3v) is 3.74. The van der Waals surface area contributed by atoms with Crippen LogP contribution < -0.4 is 20.7 Å². The summed E-state index contributed by atoms with van der Waals surface area (Å²) in [7, 11) is 1.58. The van der Waals surface area contributed by atoms with Crippen LogP contribution in [-0.4, -0.2) is 40.8 Å². The van der Waals surface area contributed by atoms with Crippen LogP contribution >= 0.6 is 0 Å². The molecule has 0 radical (unpaired) electrons. The summed E-state index contributed by atoms with van der Waals surface area (Å²) in [5, 5.41) is 8.76. The average molecular weight is 366 g/mol. The zero-order chi connectivity index (χ0) is 19.1. The molecule has 0 spiro atoms. The fraction of sp³-hybridized carbons (Fsp3) is 0.211. The molecule has 0 unspecified atom stereocenters. The Kier molecular flexibility index (Phi) is 5.88. The van der Waals surface area contributed by atoms with Crippen molar-refractivity contribution in [2.24, 2.45) is 0 Å². The maximum Gasteiger partial charge on any atom is 0.319 e. The zero-order valence-corrected chi connectivity index (χ0v) is 15.3. The molecule has 2 amide bonds. The van der Waals surface area contributed by atoms with Gasteiger partial charge < -0.3 is 25.3 Å². The summed E-state index contributed by atoms with van der Waals surface area (Å²) < 4.78 is 7.05. The summed E-state index contributed by atoms with van der Waals surface area (Å²) >= 11 is 0. The minimum Gasteiger partial charge on any atom is -0.497 e. The highest BCUT2D eigenvalue weighted by molar-refractivity contribution is 5.89. The minimum absolute atomic E-state index is 0.281. The minimum atomic E-state index is -0.281. The Labute approximate surface area is 157 Å². The van der Waals surface area contributed by atoms with Crippen molar-refractivity contribution in [2.45, 2.75) is 6.92 Å². The van der Waals surface area contributed by atoms with Gasteiger partial charge in [-0.2, -0.15) is 0 Å². The predicted octanol–water partition coefficient (Wildman–Crippen LogP) is 2.82. The largest absolute Gasteiger partial charge is 0.497 e. The number of carbonyl (C=O) groups excluding carboxylic acids is 1. The van der Waals surface area contributed by atoms with Gasteiger partial charge in [-0.15, -0.1) is 0 Å². The van der Waals surface area contributed by atoms with Crippen LogP contribution in [0.5, 0.6) is 5.75 Å². The molecule has 140 valence electrons. The number of aryl methyl sites for hydroxylation is 1. The Hall–Kier alpha value is -3.55. The lowest BCUT2D eigenvalue weighted by molar-refractivity contribution is 0.252. The normalized spacial score (nSPS) is 10.3. The Morgan fingerprint density at radius 2 is 1.93 bits per heavy atom. The number of ether oxygens (including phenoxy) is 1. The van der Waals surface area contributed by atoms with Gasteiger partial charge in [0, 0.05) is 43.3 Å². The molecule has 8 nitrogen and oxygen atoms in total. The van der Waals surface area contributed by atoms with Gasteiger partial charge in [0.2, 0.25) is 0 Å². The first-order chi connectivity index (χ1) is 13.1. The molecule has 2 aromatic heterocycles. The van der Waals surface area contributed by atoms with E-state index in [9.17, 15) is 4.79 Å². The molecule has 0 aliphatic rings. The number of hydrogen-bond acceptors (Lipinski definition) is 5. The van der Waals surface area contributed by atoms with Crippen LogP contribution in [0.15, 0.2) is 54.9 Å². The number of amides is 2. The second kappa shape index (κ2) is 8.70. The van der Waals surface area contributed by atoms with Crippen LogP contribution in [0.4, 0.5) is 16.3 Å². The molecule has 0 atom stereocenters. The number of carbonyl (C=O) groups is 1. The second-order valence-electron chi connectivity index (χ2n) is 5.79. The maximum absolute atomic E-state index is 12.0. The van der Waals surface area contributed by atoms with E-state index in [2.05, 4.69) is 25.9 Å². The molecule has 8 heteroatoms. The lowest BCUT2D eigenvalue weighted by Crippen LogP contribution is -2.32. The van der Waals surface area contributed by atoms with Crippen LogP contribution in [0.25, 0.3) is 5.82 Å². The van der Waals surface area contributed by atoms with E-state index in [0.717, 1.165) is 5.82 Å². The summed E-state index contributed by atoms with van der Waals surface area (Å²) in [6, 6.07) is 12.6. The highest BCUT2D eigenvalue weighted by Crippen LogP contribution is 2.16. The van der Waals surface area contributed by atoms with Gasteiger partial charge in [0.1, 0.15) is 23.2 Å². The summed E-state index contributed by atoms with van der Waals surface area (Å²) in [5.74, 6) is 2.86. The van der Waals surface area contributed by atoms with Crippen LogP contribution in [0.1, 0.15) is 5.82 Å². The van der Waals surface area contributed by atoms with Crippen molar-refractivity contribution in [3.8, 4) is 11.6 Å². The van der Waals surface area contributed by atoms with Crippen molar-refractivity contribution >= 4 is 17.5 Å². The van der Waals surface area contributed by atoms with E-state index < -0.39 is 0 Å². The average Bonchev–Trinajstić information content (AvgIpc) is 3.20. The van der Waals surface area contributed by atoms with E-state index >= 15 is 0 Å². The van der Waals surface area contributed by atoms with Gasteiger partial charge in [0.15, 0.2) is 0 Å². The van der Waals surface area contributed by atoms with Crippen LogP contribution in [-0.2, 0) is 0 Å². The molecule has 3 rings (SSSR count). The van der Waals surface area contributed by atoms with Gasteiger partial charge in [-0.25, -0.2) is 14.8 Å². The van der Waals surface area contributed by atoms with E-state index in [4.69, 9.17) is 4.74 Å². The molecular formula is C19H22N6O2. The summed E-state index contributed by atoms with van der Waals surface area (Å²) in [6.45, 7) is 2.82. The Morgan fingerprint density at radius 1 is 1.11 bits per heavy atom. The van der Waals surface area contributed by atoms with E-state index in [1.165, 1.54) is 0 Å². The topological polar surface area (TPSA) is 93.1 Å². The number of nitrogens with one attached hydrogen (secondary N) is 3. The van der Waals surface area contributed by atoms with E-state index in [-0.39, 0.29) is 6.03 Å². The van der Waals surface area contributed by atoms with Crippen LogP contribution in [0.2, 0.25) is 0 Å². The molecule has 1 aromatic carbocycles. The quantitative estimate of drug-likeness (QED) is 0.559. The first-order valence-corrected chi connectivity index (χ1v) is 8.56. The SMILES string of the molecule is COc1cccc(NC(=O)NCCNc2cc(-n3cccc3)nc(C)n2)c1. The predicted molar refractivity (Wildman–Crippen MR) is 105 cm³/mol. The second-order valence-corrected chi connectivity index (χ2v) is 5.79. The number of urea groups is 1. The summed E-state index contributed by atoms with van der Waals surface area (Å²) in [4.78, 5) is 20.8. The third-order valence-electron chi connectivity index (χ3n) is 3.74. The fourth-order valence-corrected chi connectivity index (χ4v) is 2.50. The monoisotopic (exact) mass is 366 g/mol. The van der Waals surface area contributed by atoms with Crippen molar-refractivity contribution in [3.05, 3.63) is 60.7 Å². The van der Waals surface area contributed by atoms with Gasteiger partial charge >= 0.3 is 6.03 Å². The van der Waals surface area contributed by atoms with Gasteiger partial charge in [0.25, 0.3) is 0 Å². The lowest BCUT2D eigenvalue weighted by atomic mass is 10.3. The van der Waals surface area contributed by atoms with E-state index in [1.807, 2.05) is 54.2 Å². The van der Waals surface area contributed by atoms with Crippen molar-refractivity contribution in [1.82, 2.24) is 19.9 Å². The molecule has 3 N–H and O–H groups in total. The highest BCUT2D eigenvalue weighted by Gasteiger charge is 2.04. The molecule has 0 fully saturated rings. The maximum atomic E-state index is 12.0. The molecule has 2 heterocycles. The number of hydrogen-bond donors (Lipinski definition) is 3. The number of rotatable bonds is 7. The first-order valence-electron chi connectivity index (χ1n) is 8.56. The van der Waals surface area contributed by atoms with Crippen molar-refractivity contribution in [2.75, 3.05) is 30.8 Å². The van der Waals surface area contributed by atoms with Gasteiger partial charge in [0.05, 0.1) is 7.11 Å². The number of nitrogens with zero attached hydrogens (tertiary/aromatic N) is 3. The molecule has 0 saturated carbocycles. The summed E-state index contributed by atoms with van der Waals surface area (Å²) in [6.07, 6.45) is 3.85. The Balaban J connectivity index is 1.48.